The molecule has 106 valence electrons. The van der Waals surface area contributed by atoms with E-state index >= 15 is 0 Å². The van der Waals surface area contributed by atoms with E-state index < -0.39 is 0 Å². The van der Waals surface area contributed by atoms with Crippen LogP contribution in [0.5, 0.6) is 0 Å². The molecule has 2 aromatic rings. The Hall–Kier alpha value is -1.31. The number of halogens is 1. The third-order valence-electron chi connectivity index (χ3n) is 3.51. The predicted molar refractivity (Wildman–Crippen MR) is 87.3 cm³/mol. The van der Waals surface area contributed by atoms with Crippen molar-refractivity contribution in [1.82, 2.24) is 5.32 Å². The summed E-state index contributed by atoms with van der Waals surface area (Å²) in [6.45, 7) is 6.56. The van der Waals surface area contributed by atoms with E-state index in [0.29, 0.717) is 12.1 Å². The summed E-state index contributed by atoms with van der Waals surface area (Å²) in [5, 5.41) is 4.46. The zero-order valence-electron chi connectivity index (χ0n) is 12.4. The highest BCUT2D eigenvalue weighted by atomic mass is 35.5. The number of nitrogens with one attached hydrogen (secondary N) is 1. The Balaban J connectivity index is 1.95. The molecule has 0 radical (unpaired) electrons. The summed E-state index contributed by atoms with van der Waals surface area (Å²) >= 11 is 6.03. The first kappa shape index (κ1) is 15.1. The van der Waals surface area contributed by atoms with Crippen molar-refractivity contribution in [3.63, 3.8) is 0 Å². The number of aryl methyl sites for hydroxylation is 1. The Morgan fingerprint density at radius 1 is 1.05 bits per heavy atom. The van der Waals surface area contributed by atoms with E-state index in [1.54, 1.807) is 0 Å². The van der Waals surface area contributed by atoms with Gasteiger partial charge in [-0.3, -0.25) is 0 Å². The standard InChI is InChI=1S/C18H22ClN/c1-13-6-4-8-17(10-13)15(3)20-14(2)11-16-7-5-9-18(19)12-16/h4-10,12,14-15,20H,11H2,1-3H3. The zero-order valence-corrected chi connectivity index (χ0v) is 13.1. The van der Waals surface area contributed by atoms with Crippen molar-refractivity contribution in [1.29, 1.82) is 0 Å². The van der Waals surface area contributed by atoms with Crippen LogP contribution in [0.25, 0.3) is 0 Å². The molecule has 0 aliphatic rings. The van der Waals surface area contributed by atoms with E-state index in [1.807, 2.05) is 18.2 Å². The first-order chi connectivity index (χ1) is 9.54. The van der Waals surface area contributed by atoms with Crippen LogP contribution in [-0.2, 0) is 6.42 Å². The molecule has 0 fully saturated rings. The van der Waals surface area contributed by atoms with Crippen LogP contribution in [0.3, 0.4) is 0 Å². The molecule has 1 nitrogen and oxygen atoms in total. The highest BCUT2D eigenvalue weighted by Crippen LogP contribution is 2.16. The van der Waals surface area contributed by atoms with Gasteiger partial charge >= 0.3 is 0 Å². The van der Waals surface area contributed by atoms with Gasteiger partial charge in [-0.1, -0.05) is 53.6 Å². The molecule has 0 spiro atoms. The van der Waals surface area contributed by atoms with Crippen molar-refractivity contribution in [2.75, 3.05) is 0 Å². The van der Waals surface area contributed by atoms with Crippen LogP contribution >= 0.6 is 11.6 Å². The Morgan fingerprint density at radius 3 is 2.50 bits per heavy atom. The fraction of sp³-hybridized carbons (Fsp3) is 0.333. The van der Waals surface area contributed by atoms with Crippen LogP contribution in [0.4, 0.5) is 0 Å². The number of hydrogen-bond acceptors (Lipinski definition) is 1. The van der Waals surface area contributed by atoms with Crippen molar-refractivity contribution in [2.24, 2.45) is 0 Å². The summed E-state index contributed by atoms with van der Waals surface area (Å²) < 4.78 is 0. The lowest BCUT2D eigenvalue weighted by Crippen LogP contribution is -2.30. The van der Waals surface area contributed by atoms with Crippen LogP contribution < -0.4 is 5.32 Å². The minimum Gasteiger partial charge on any atom is -0.307 e. The van der Waals surface area contributed by atoms with Gasteiger partial charge in [0.15, 0.2) is 0 Å². The van der Waals surface area contributed by atoms with Gasteiger partial charge in [0.25, 0.3) is 0 Å². The van der Waals surface area contributed by atoms with E-state index in [2.05, 4.69) is 56.4 Å². The second-order valence-electron chi connectivity index (χ2n) is 5.54. The SMILES string of the molecule is Cc1cccc(C(C)NC(C)Cc2cccc(Cl)c2)c1. The molecule has 0 aromatic heterocycles. The number of benzene rings is 2. The second-order valence-corrected chi connectivity index (χ2v) is 5.97. The van der Waals surface area contributed by atoms with Crippen LogP contribution in [-0.4, -0.2) is 6.04 Å². The average Bonchev–Trinajstić information content (AvgIpc) is 2.38. The molecular weight excluding hydrogens is 266 g/mol. The third kappa shape index (κ3) is 4.36. The van der Waals surface area contributed by atoms with Gasteiger partial charge in [0.1, 0.15) is 0 Å². The third-order valence-corrected chi connectivity index (χ3v) is 3.74. The van der Waals surface area contributed by atoms with Crippen LogP contribution in [0.1, 0.15) is 36.6 Å². The zero-order chi connectivity index (χ0) is 14.5. The lowest BCUT2D eigenvalue weighted by molar-refractivity contribution is 0.477. The smallest absolute Gasteiger partial charge is 0.0408 e. The van der Waals surface area contributed by atoms with Gasteiger partial charge in [-0.25, -0.2) is 0 Å². The second kappa shape index (κ2) is 6.92. The minimum atomic E-state index is 0.351. The molecule has 0 saturated carbocycles. The molecule has 2 aromatic carbocycles. The fourth-order valence-electron chi connectivity index (χ4n) is 2.54. The Morgan fingerprint density at radius 2 is 1.80 bits per heavy atom. The molecule has 0 amide bonds. The van der Waals surface area contributed by atoms with Crippen molar-refractivity contribution >= 4 is 11.6 Å². The van der Waals surface area contributed by atoms with Gasteiger partial charge in [-0.2, -0.15) is 0 Å². The summed E-state index contributed by atoms with van der Waals surface area (Å²) in [6.07, 6.45) is 0.983. The van der Waals surface area contributed by atoms with Crippen LogP contribution in [0, 0.1) is 6.92 Å². The van der Waals surface area contributed by atoms with Gasteiger partial charge in [0, 0.05) is 17.1 Å². The van der Waals surface area contributed by atoms with E-state index in [0.717, 1.165) is 11.4 Å². The molecule has 0 saturated heterocycles. The number of rotatable bonds is 5. The van der Waals surface area contributed by atoms with Gasteiger partial charge in [0.05, 0.1) is 0 Å². The Bertz CT molecular complexity index is 565. The molecule has 2 rings (SSSR count). The summed E-state index contributed by atoms with van der Waals surface area (Å²) in [5.74, 6) is 0. The molecule has 0 aliphatic heterocycles. The molecule has 2 heteroatoms. The largest absolute Gasteiger partial charge is 0.307 e. The van der Waals surface area contributed by atoms with Crippen LogP contribution in [0.15, 0.2) is 48.5 Å². The monoisotopic (exact) mass is 287 g/mol. The maximum Gasteiger partial charge on any atom is 0.0408 e. The number of hydrogen-bond donors (Lipinski definition) is 1. The Kier molecular flexibility index (Phi) is 5.22. The molecule has 1 N–H and O–H groups in total. The summed E-state index contributed by atoms with van der Waals surface area (Å²) in [4.78, 5) is 0. The van der Waals surface area contributed by atoms with Gasteiger partial charge in [-0.05, 0) is 50.5 Å². The Labute approximate surface area is 127 Å². The molecule has 0 heterocycles. The maximum absolute atomic E-state index is 6.03. The predicted octanol–water partition coefficient (Wildman–Crippen LogP) is 4.93. The van der Waals surface area contributed by atoms with E-state index in [9.17, 15) is 0 Å². The van der Waals surface area contributed by atoms with Gasteiger partial charge in [-0.15, -0.1) is 0 Å². The molecule has 20 heavy (non-hydrogen) atoms. The molecule has 0 aliphatic carbocycles. The van der Waals surface area contributed by atoms with E-state index in [4.69, 9.17) is 11.6 Å². The molecular formula is C18H22ClN. The lowest BCUT2D eigenvalue weighted by atomic mass is 10.0. The topological polar surface area (TPSA) is 12.0 Å². The van der Waals surface area contributed by atoms with Crippen molar-refractivity contribution in [3.8, 4) is 0 Å². The quantitative estimate of drug-likeness (QED) is 0.822. The fourth-order valence-corrected chi connectivity index (χ4v) is 2.75. The van der Waals surface area contributed by atoms with Crippen molar-refractivity contribution < 1.29 is 0 Å². The minimum absolute atomic E-state index is 0.351. The lowest BCUT2D eigenvalue weighted by Gasteiger charge is -2.21. The average molecular weight is 288 g/mol. The maximum atomic E-state index is 6.03. The van der Waals surface area contributed by atoms with E-state index in [-0.39, 0.29) is 0 Å². The normalized spacial score (nSPS) is 14.0. The van der Waals surface area contributed by atoms with Crippen LogP contribution in [0.2, 0.25) is 5.02 Å². The first-order valence-corrected chi connectivity index (χ1v) is 7.49. The van der Waals surface area contributed by atoms with E-state index in [1.165, 1.54) is 16.7 Å². The van der Waals surface area contributed by atoms with Crippen molar-refractivity contribution in [3.05, 3.63) is 70.2 Å². The van der Waals surface area contributed by atoms with Gasteiger partial charge < -0.3 is 5.32 Å². The molecule has 2 unspecified atom stereocenters. The van der Waals surface area contributed by atoms with Crippen molar-refractivity contribution in [2.45, 2.75) is 39.3 Å². The first-order valence-electron chi connectivity index (χ1n) is 7.11. The molecule has 2 atom stereocenters. The summed E-state index contributed by atoms with van der Waals surface area (Å²) in [7, 11) is 0. The summed E-state index contributed by atoms with van der Waals surface area (Å²) in [5.41, 5.74) is 3.91. The van der Waals surface area contributed by atoms with Gasteiger partial charge in [0.2, 0.25) is 0 Å². The summed E-state index contributed by atoms with van der Waals surface area (Å²) in [6, 6.07) is 17.5. The highest BCUT2D eigenvalue weighted by molar-refractivity contribution is 6.30. The highest BCUT2D eigenvalue weighted by Gasteiger charge is 2.10. The molecule has 0 bridgehead atoms.